The quantitative estimate of drug-likeness (QED) is 0.870. The van der Waals surface area contributed by atoms with Crippen molar-refractivity contribution in [3.05, 3.63) is 29.8 Å². The fraction of sp³-hybridized carbons (Fsp3) is 0.650. The summed E-state index contributed by atoms with van der Waals surface area (Å²) in [4.78, 5) is 17.5. The second kappa shape index (κ2) is 9.56. The standard InChI is InChI=1S/C20H31N3O.ClH/c1-16-5-7-18(8-6-16)23-13-3-4-19(20(23)24)22-14-10-17(11-15-22)9-12-21-2;/h5-8,17,19,21H,3-4,9-15H2,1-2H3;1H. The van der Waals surface area contributed by atoms with E-state index in [0.717, 1.165) is 50.6 Å². The number of hydrogen-bond donors (Lipinski definition) is 1. The van der Waals surface area contributed by atoms with Gasteiger partial charge in [-0.05, 0) is 83.8 Å². The third-order valence-electron chi connectivity index (χ3n) is 5.65. The number of rotatable bonds is 5. The minimum atomic E-state index is 0. The van der Waals surface area contributed by atoms with Gasteiger partial charge >= 0.3 is 0 Å². The van der Waals surface area contributed by atoms with E-state index < -0.39 is 0 Å². The van der Waals surface area contributed by atoms with Gasteiger partial charge in [0.05, 0.1) is 6.04 Å². The Kier molecular flexibility index (Phi) is 7.73. The number of carbonyl (C=O) groups excluding carboxylic acids is 1. The second-order valence-corrected chi connectivity index (χ2v) is 7.36. The number of halogens is 1. The molecule has 2 fully saturated rings. The van der Waals surface area contributed by atoms with Crippen LogP contribution in [0, 0.1) is 12.8 Å². The summed E-state index contributed by atoms with van der Waals surface area (Å²) in [5, 5.41) is 3.25. The molecule has 2 heterocycles. The number of nitrogens with zero attached hydrogens (tertiary/aromatic N) is 2. The van der Waals surface area contributed by atoms with E-state index in [2.05, 4.69) is 41.4 Å². The molecule has 5 heteroatoms. The summed E-state index contributed by atoms with van der Waals surface area (Å²) in [6.07, 6.45) is 5.84. The van der Waals surface area contributed by atoms with Gasteiger partial charge in [-0.2, -0.15) is 0 Å². The minimum absolute atomic E-state index is 0. The van der Waals surface area contributed by atoms with Crippen molar-refractivity contribution in [2.75, 3.05) is 38.1 Å². The zero-order valence-electron chi connectivity index (χ0n) is 15.5. The van der Waals surface area contributed by atoms with E-state index in [9.17, 15) is 4.79 Å². The molecular weight excluding hydrogens is 334 g/mol. The van der Waals surface area contributed by atoms with Crippen LogP contribution in [0.2, 0.25) is 0 Å². The molecule has 0 aliphatic carbocycles. The topological polar surface area (TPSA) is 35.6 Å². The van der Waals surface area contributed by atoms with Crippen molar-refractivity contribution in [3.8, 4) is 0 Å². The Morgan fingerprint density at radius 2 is 1.76 bits per heavy atom. The molecule has 4 nitrogen and oxygen atoms in total. The van der Waals surface area contributed by atoms with Gasteiger partial charge in [-0.3, -0.25) is 9.69 Å². The van der Waals surface area contributed by atoms with Crippen molar-refractivity contribution < 1.29 is 4.79 Å². The van der Waals surface area contributed by atoms with Crippen LogP contribution in [0.15, 0.2) is 24.3 Å². The van der Waals surface area contributed by atoms with Crippen LogP contribution >= 0.6 is 12.4 Å². The fourth-order valence-electron chi connectivity index (χ4n) is 4.08. The lowest BCUT2D eigenvalue weighted by Gasteiger charge is -2.41. The lowest BCUT2D eigenvalue weighted by Crippen LogP contribution is -2.54. The highest BCUT2D eigenvalue weighted by atomic mass is 35.5. The van der Waals surface area contributed by atoms with E-state index in [1.165, 1.54) is 24.8 Å². The maximum Gasteiger partial charge on any atom is 0.244 e. The van der Waals surface area contributed by atoms with E-state index in [-0.39, 0.29) is 18.4 Å². The van der Waals surface area contributed by atoms with Gasteiger partial charge in [0.15, 0.2) is 0 Å². The molecule has 0 saturated carbocycles. The van der Waals surface area contributed by atoms with Gasteiger partial charge in [0.2, 0.25) is 5.91 Å². The Morgan fingerprint density at radius 1 is 1.08 bits per heavy atom. The van der Waals surface area contributed by atoms with E-state index >= 15 is 0 Å². The van der Waals surface area contributed by atoms with Crippen LogP contribution < -0.4 is 10.2 Å². The van der Waals surface area contributed by atoms with Gasteiger partial charge < -0.3 is 10.2 Å². The number of nitrogens with one attached hydrogen (secondary N) is 1. The first kappa shape index (κ1) is 20.2. The van der Waals surface area contributed by atoms with Gasteiger partial charge in [0.1, 0.15) is 0 Å². The molecule has 0 radical (unpaired) electrons. The third kappa shape index (κ3) is 4.96. The Morgan fingerprint density at radius 3 is 2.40 bits per heavy atom. The molecule has 1 N–H and O–H groups in total. The summed E-state index contributed by atoms with van der Waals surface area (Å²) in [6.45, 7) is 6.20. The van der Waals surface area contributed by atoms with Crippen LogP contribution in [-0.4, -0.2) is 50.1 Å². The molecule has 0 spiro atoms. The Balaban J connectivity index is 0.00000225. The fourth-order valence-corrected chi connectivity index (χ4v) is 4.08. The van der Waals surface area contributed by atoms with Crippen molar-refractivity contribution in [1.29, 1.82) is 0 Å². The smallest absolute Gasteiger partial charge is 0.244 e. The van der Waals surface area contributed by atoms with E-state index in [4.69, 9.17) is 0 Å². The number of carbonyl (C=O) groups is 1. The van der Waals surface area contributed by atoms with Crippen molar-refractivity contribution in [3.63, 3.8) is 0 Å². The summed E-state index contributed by atoms with van der Waals surface area (Å²) in [6, 6.07) is 8.45. The first-order valence-electron chi connectivity index (χ1n) is 9.45. The molecule has 1 unspecified atom stereocenters. The maximum absolute atomic E-state index is 13.0. The Labute approximate surface area is 158 Å². The Hall–Kier alpha value is -1.10. The van der Waals surface area contributed by atoms with Crippen LogP contribution in [0.1, 0.15) is 37.7 Å². The molecule has 1 aromatic carbocycles. The summed E-state index contributed by atoms with van der Waals surface area (Å²) >= 11 is 0. The number of aryl methyl sites for hydroxylation is 1. The Bertz CT molecular complexity index is 540. The molecule has 3 rings (SSSR count). The summed E-state index contributed by atoms with van der Waals surface area (Å²) in [5.41, 5.74) is 2.29. The molecule has 0 aromatic heterocycles. The molecule has 2 aliphatic heterocycles. The van der Waals surface area contributed by atoms with E-state index in [1.807, 2.05) is 11.9 Å². The SMILES string of the molecule is CNCCC1CCN(C2CCCN(c3ccc(C)cc3)C2=O)CC1.Cl. The van der Waals surface area contributed by atoms with Gasteiger partial charge in [-0.1, -0.05) is 17.7 Å². The third-order valence-corrected chi connectivity index (χ3v) is 5.65. The average Bonchev–Trinajstić information content (AvgIpc) is 2.62. The van der Waals surface area contributed by atoms with E-state index in [0.29, 0.717) is 5.91 Å². The van der Waals surface area contributed by atoms with Gasteiger partial charge in [-0.25, -0.2) is 0 Å². The monoisotopic (exact) mass is 365 g/mol. The highest BCUT2D eigenvalue weighted by molar-refractivity contribution is 5.97. The number of benzene rings is 1. The maximum atomic E-state index is 13.0. The van der Waals surface area contributed by atoms with Crippen LogP contribution in [-0.2, 0) is 4.79 Å². The van der Waals surface area contributed by atoms with Crippen LogP contribution in [0.5, 0.6) is 0 Å². The largest absolute Gasteiger partial charge is 0.320 e. The number of piperidine rings is 2. The van der Waals surface area contributed by atoms with Crippen molar-refractivity contribution in [1.82, 2.24) is 10.2 Å². The number of amides is 1. The van der Waals surface area contributed by atoms with Crippen LogP contribution in [0.3, 0.4) is 0 Å². The first-order chi connectivity index (χ1) is 11.7. The molecule has 1 atom stereocenters. The van der Waals surface area contributed by atoms with Gasteiger partial charge in [0, 0.05) is 12.2 Å². The van der Waals surface area contributed by atoms with Crippen molar-refractivity contribution in [2.45, 2.75) is 45.1 Å². The first-order valence-corrected chi connectivity index (χ1v) is 9.45. The molecule has 2 saturated heterocycles. The predicted octanol–water partition coefficient (Wildman–Crippen LogP) is 3.23. The summed E-state index contributed by atoms with van der Waals surface area (Å²) in [7, 11) is 2.02. The zero-order chi connectivity index (χ0) is 16.9. The van der Waals surface area contributed by atoms with E-state index in [1.54, 1.807) is 0 Å². The van der Waals surface area contributed by atoms with Crippen LogP contribution in [0.4, 0.5) is 5.69 Å². The number of hydrogen-bond acceptors (Lipinski definition) is 3. The second-order valence-electron chi connectivity index (χ2n) is 7.36. The predicted molar refractivity (Wildman–Crippen MR) is 107 cm³/mol. The van der Waals surface area contributed by atoms with Crippen LogP contribution in [0.25, 0.3) is 0 Å². The zero-order valence-corrected chi connectivity index (χ0v) is 16.4. The highest BCUT2D eigenvalue weighted by Crippen LogP contribution is 2.28. The normalized spacial score (nSPS) is 22.7. The van der Waals surface area contributed by atoms with Crippen molar-refractivity contribution >= 4 is 24.0 Å². The number of anilines is 1. The molecule has 1 aromatic rings. The van der Waals surface area contributed by atoms with Crippen molar-refractivity contribution in [2.24, 2.45) is 5.92 Å². The summed E-state index contributed by atoms with van der Waals surface area (Å²) < 4.78 is 0. The summed E-state index contributed by atoms with van der Waals surface area (Å²) in [5.74, 6) is 1.12. The van der Waals surface area contributed by atoms with Gasteiger partial charge in [0.25, 0.3) is 0 Å². The molecule has 140 valence electrons. The average molecular weight is 366 g/mol. The molecular formula is C20H32ClN3O. The van der Waals surface area contributed by atoms with Gasteiger partial charge in [-0.15, -0.1) is 12.4 Å². The molecule has 0 bridgehead atoms. The molecule has 25 heavy (non-hydrogen) atoms. The molecule has 2 aliphatic rings. The number of likely N-dealkylation sites (tertiary alicyclic amines) is 1. The highest BCUT2D eigenvalue weighted by Gasteiger charge is 2.35. The lowest BCUT2D eigenvalue weighted by atomic mass is 9.91. The lowest BCUT2D eigenvalue weighted by molar-refractivity contribution is -0.126. The minimum Gasteiger partial charge on any atom is -0.320 e. The molecule has 1 amide bonds.